The van der Waals surface area contributed by atoms with Crippen molar-refractivity contribution in [2.75, 3.05) is 0 Å². The molecule has 2 N–H and O–H groups in total. The van der Waals surface area contributed by atoms with E-state index < -0.39 is 0 Å². The van der Waals surface area contributed by atoms with Gasteiger partial charge in [-0.3, -0.25) is 0 Å². The third kappa shape index (κ3) is 2.22. The summed E-state index contributed by atoms with van der Waals surface area (Å²) in [7, 11) is 0. The Morgan fingerprint density at radius 3 is 2.63 bits per heavy atom. The number of halogens is 1. The summed E-state index contributed by atoms with van der Waals surface area (Å²) in [6.07, 6.45) is 0. The molecule has 0 aliphatic rings. The number of hydrogen-bond donors (Lipinski definition) is 1. The van der Waals surface area contributed by atoms with Gasteiger partial charge in [0.1, 0.15) is 0 Å². The van der Waals surface area contributed by atoms with Crippen molar-refractivity contribution in [1.82, 2.24) is 0 Å². The van der Waals surface area contributed by atoms with E-state index in [1.54, 1.807) is 11.3 Å². The summed E-state index contributed by atoms with van der Waals surface area (Å²) in [6.45, 7) is 2.11. The minimum Gasteiger partial charge on any atom is -0.320 e. The summed E-state index contributed by atoms with van der Waals surface area (Å²) in [5.41, 5.74) is 10.1. The van der Waals surface area contributed by atoms with E-state index >= 15 is 0 Å². The maximum Gasteiger partial charge on any atom is 0.0568 e. The Hall–Kier alpha value is -1.16. The molecule has 0 spiro atoms. The topological polar surface area (TPSA) is 26.0 Å². The van der Waals surface area contributed by atoms with E-state index in [0.29, 0.717) is 0 Å². The van der Waals surface area contributed by atoms with Gasteiger partial charge in [-0.05, 0) is 56.4 Å². The maximum atomic E-state index is 6.47. The smallest absolute Gasteiger partial charge is 0.0568 e. The Morgan fingerprint density at radius 1 is 1.05 bits per heavy atom. The zero-order valence-electron chi connectivity index (χ0n) is 10.6. The SMILES string of the molecule is Cc1ccccc1C(N)c1csc2c(Br)cccc12. The summed E-state index contributed by atoms with van der Waals surface area (Å²) in [5.74, 6) is 0. The lowest BCUT2D eigenvalue weighted by atomic mass is 9.95. The third-order valence-electron chi connectivity index (χ3n) is 3.44. The monoisotopic (exact) mass is 331 g/mol. The molecule has 1 heterocycles. The van der Waals surface area contributed by atoms with Crippen molar-refractivity contribution in [1.29, 1.82) is 0 Å². The predicted molar refractivity (Wildman–Crippen MR) is 86.7 cm³/mol. The summed E-state index contributed by atoms with van der Waals surface area (Å²) in [5, 5.41) is 3.42. The highest BCUT2D eigenvalue weighted by atomic mass is 79.9. The first-order valence-corrected chi connectivity index (χ1v) is 7.82. The molecule has 0 aliphatic carbocycles. The highest BCUT2D eigenvalue weighted by Gasteiger charge is 2.16. The lowest BCUT2D eigenvalue weighted by Gasteiger charge is -2.14. The van der Waals surface area contributed by atoms with E-state index in [1.165, 1.54) is 26.8 Å². The lowest BCUT2D eigenvalue weighted by molar-refractivity contribution is 0.874. The van der Waals surface area contributed by atoms with Crippen LogP contribution in [0.4, 0.5) is 0 Å². The number of rotatable bonds is 2. The highest BCUT2D eigenvalue weighted by molar-refractivity contribution is 9.10. The van der Waals surface area contributed by atoms with Gasteiger partial charge in [0.05, 0.1) is 6.04 Å². The molecule has 2 aromatic carbocycles. The first-order valence-electron chi connectivity index (χ1n) is 6.15. The number of thiophene rings is 1. The van der Waals surface area contributed by atoms with Gasteiger partial charge in [0.15, 0.2) is 0 Å². The summed E-state index contributed by atoms with van der Waals surface area (Å²) >= 11 is 5.34. The zero-order valence-corrected chi connectivity index (χ0v) is 13.0. The van der Waals surface area contributed by atoms with Crippen LogP contribution in [0.1, 0.15) is 22.7 Å². The molecule has 1 nitrogen and oxygen atoms in total. The van der Waals surface area contributed by atoms with Gasteiger partial charge in [-0.25, -0.2) is 0 Å². The van der Waals surface area contributed by atoms with E-state index in [1.807, 2.05) is 12.1 Å². The minimum atomic E-state index is -0.0655. The van der Waals surface area contributed by atoms with Gasteiger partial charge in [0, 0.05) is 9.17 Å². The molecule has 3 heteroatoms. The number of hydrogen-bond acceptors (Lipinski definition) is 2. The molecule has 3 rings (SSSR count). The van der Waals surface area contributed by atoms with Crippen molar-refractivity contribution in [3.05, 3.63) is 69.0 Å². The average molecular weight is 332 g/mol. The van der Waals surface area contributed by atoms with E-state index in [9.17, 15) is 0 Å². The molecular weight excluding hydrogens is 318 g/mol. The van der Waals surface area contributed by atoms with Crippen LogP contribution in [0.2, 0.25) is 0 Å². The van der Waals surface area contributed by atoms with Gasteiger partial charge in [0.25, 0.3) is 0 Å². The molecule has 1 aromatic heterocycles. The molecule has 96 valence electrons. The zero-order chi connectivity index (χ0) is 13.4. The Bertz CT molecular complexity index is 732. The minimum absolute atomic E-state index is 0.0655. The van der Waals surface area contributed by atoms with Crippen LogP contribution in [-0.4, -0.2) is 0 Å². The van der Waals surface area contributed by atoms with Crippen LogP contribution in [0, 0.1) is 6.92 Å². The van der Waals surface area contributed by atoms with E-state index in [4.69, 9.17) is 5.73 Å². The molecule has 0 bridgehead atoms. The molecule has 0 aliphatic heterocycles. The third-order valence-corrected chi connectivity index (χ3v) is 5.41. The molecule has 0 fully saturated rings. The van der Waals surface area contributed by atoms with Gasteiger partial charge in [-0.15, -0.1) is 11.3 Å². The van der Waals surface area contributed by atoms with Crippen LogP contribution in [-0.2, 0) is 0 Å². The van der Waals surface area contributed by atoms with Crippen molar-refractivity contribution < 1.29 is 0 Å². The first kappa shape index (κ1) is 12.9. The van der Waals surface area contributed by atoms with Crippen LogP contribution in [0.5, 0.6) is 0 Å². The summed E-state index contributed by atoms with van der Waals surface area (Å²) in [6, 6.07) is 14.5. The van der Waals surface area contributed by atoms with Crippen molar-refractivity contribution in [3.63, 3.8) is 0 Å². The standard InChI is InChI=1S/C16H14BrNS/c1-10-5-2-3-6-11(10)15(18)13-9-19-16-12(13)7-4-8-14(16)17/h2-9,15H,18H2,1H3. The Labute approximate surface area is 125 Å². The molecule has 0 amide bonds. The average Bonchev–Trinajstić information content (AvgIpc) is 2.84. The van der Waals surface area contributed by atoms with Crippen LogP contribution >= 0.6 is 27.3 Å². The molecular formula is C16H14BrNS. The van der Waals surface area contributed by atoms with E-state index in [2.05, 4.69) is 58.6 Å². The Kier molecular flexibility index (Phi) is 3.44. The number of benzene rings is 2. The van der Waals surface area contributed by atoms with Crippen molar-refractivity contribution in [2.24, 2.45) is 5.73 Å². The Morgan fingerprint density at radius 2 is 1.84 bits per heavy atom. The lowest BCUT2D eigenvalue weighted by Crippen LogP contribution is -2.12. The fourth-order valence-electron chi connectivity index (χ4n) is 2.39. The second-order valence-corrected chi connectivity index (χ2v) is 6.38. The van der Waals surface area contributed by atoms with Gasteiger partial charge in [-0.2, -0.15) is 0 Å². The Balaban J connectivity index is 2.15. The van der Waals surface area contributed by atoms with Crippen molar-refractivity contribution in [3.8, 4) is 0 Å². The fourth-order valence-corrected chi connectivity index (χ4v) is 4.04. The van der Waals surface area contributed by atoms with Crippen LogP contribution < -0.4 is 5.73 Å². The maximum absolute atomic E-state index is 6.47. The van der Waals surface area contributed by atoms with Gasteiger partial charge in [-0.1, -0.05) is 36.4 Å². The summed E-state index contributed by atoms with van der Waals surface area (Å²) < 4.78 is 2.40. The first-order chi connectivity index (χ1) is 9.18. The van der Waals surface area contributed by atoms with E-state index in [0.717, 1.165) is 4.47 Å². The van der Waals surface area contributed by atoms with Crippen LogP contribution in [0.15, 0.2) is 52.3 Å². The van der Waals surface area contributed by atoms with Crippen LogP contribution in [0.25, 0.3) is 10.1 Å². The number of fused-ring (bicyclic) bond motifs is 1. The largest absolute Gasteiger partial charge is 0.320 e. The normalized spacial score (nSPS) is 12.8. The molecule has 19 heavy (non-hydrogen) atoms. The predicted octanol–water partition coefficient (Wildman–Crippen LogP) is 5.02. The van der Waals surface area contributed by atoms with E-state index in [-0.39, 0.29) is 6.04 Å². The van der Waals surface area contributed by atoms with Gasteiger partial charge < -0.3 is 5.73 Å². The molecule has 0 saturated heterocycles. The quantitative estimate of drug-likeness (QED) is 0.700. The van der Waals surface area contributed by atoms with Gasteiger partial charge in [0.2, 0.25) is 0 Å². The van der Waals surface area contributed by atoms with Crippen molar-refractivity contribution >= 4 is 37.4 Å². The molecule has 1 unspecified atom stereocenters. The fraction of sp³-hybridized carbons (Fsp3) is 0.125. The second-order valence-electron chi connectivity index (χ2n) is 4.64. The molecule has 0 saturated carbocycles. The summed E-state index contributed by atoms with van der Waals surface area (Å²) in [4.78, 5) is 0. The number of nitrogens with two attached hydrogens (primary N) is 1. The van der Waals surface area contributed by atoms with Crippen LogP contribution in [0.3, 0.4) is 0 Å². The molecule has 0 radical (unpaired) electrons. The highest BCUT2D eigenvalue weighted by Crippen LogP contribution is 2.36. The molecule has 1 atom stereocenters. The number of aryl methyl sites for hydroxylation is 1. The second kappa shape index (κ2) is 5.08. The van der Waals surface area contributed by atoms with Gasteiger partial charge >= 0.3 is 0 Å². The van der Waals surface area contributed by atoms with Crippen molar-refractivity contribution in [2.45, 2.75) is 13.0 Å². The molecule has 3 aromatic rings.